The highest BCUT2D eigenvalue weighted by molar-refractivity contribution is 9.10. The highest BCUT2D eigenvalue weighted by Crippen LogP contribution is 2.46. The molecule has 1 fully saturated rings. The fourth-order valence-electron chi connectivity index (χ4n) is 3.33. The Morgan fingerprint density at radius 3 is 2.55 bits per heavy atom. The summed E-state index contributed by atoms with van der Waals surface area (Å²) in [4.78, 5) is 14.8. The highest BCUT2D eigenvalue weighted by atomic mass is 79.9. The standard InChI is InChI=1S/C18H24BrNO2/c1-11-9-13-7-8-15(12-5-6-12)20(16(13)14(19)10-11)17(21)22-18(2,3)4/h9-10,12,15H,5-8H2,1-4H3. The van der Waals surface area contributed by atoms with Gasteiger partial charge in [0.05, 0.1) is 5.69 Å². The van der Waals surface area contributed by atoms with E-state index in [1.165, 1.54) is 24.0 Å². The molecule has 1 saturated carbocycles. The van der Waals surface area contributed by atoms with Crippen molar-refractivity contribution in [2.75, 3.05) is 4.90 Å². The molecule has 1 aliphatic heterocycles. The van der Waals surface area contributed by atoms with Gasteiger partial charge < -0.3 is 4.74 Å². The van der Waals surface area contributed by atoms with Crippen LogP contribution < -0.4 is 4.90 Å². The number of anilines is 1. The summed E-state index contributed by atoms with van der Waals surface area (Å²) in [6.45, 7) is 7.86. The number of hydrogen-bond donors (Lipinski definition) is 0. The van der Waals surface area contributed by atoms with Crippen LogP contribution in [0.1, 0.15) is 51.2 Å². The maximum absolute atomic E-state index is 12.8. The van der Waals surface area contributed by atoms with Crippen molar-refractivity contribution in [2.45, 2.75) is 65.0 Å². The molecule has 1 aliphatic carbocycles. The molecular formula is C18H24BrNO2. The number of ether oxygens (including phenoxy) is 1. The lowest BCUT2D eigenvalue weighted by Gasteiger charge is -2.39. The summed E-state index contributed by atoms with van der Waals surface area (Å²) in [5, 5.41) is 0. The number of aryl methyl sites for hydroxylation is 2. The SMILES string of the molecule is Cc1cc(Br)c2c(c1)CCC(C1CC1)N2C(=O)OC(C)(C)C. The topological polar surface area (TPSA) is 29.5 Å². The van der Waals surface area contributed by atoms with Gasteiger partial charge in [-0.15, -0.1) is 0 Å². The molecule has 0 bridgehead atoms. The Balaban J connectivity index is 2.01. The second-order valence-corrected chi connectivity index (χ2v) is 8.40. The van der Waals surface area contributed by atoms with Gasteiger partial charge in [0.25, 0.3) is 0 Å². The monoisotopic (exact) mass is 365 g/mol. The molecule has 0 saturated heterocycles. The van der Waals surface area contributed by atoms with Gasteiger partial charge in [-0.25, -0.2) is 4.79 Å². The maximum atomic E-state index is 12.8. The molecule has 1 atom stereocenters. The van der Waals surface area contributed by atoms with Crippen LogP contribution in [-0.2, 0) is 11.2 Å². The molecule has 1 unspecified atom stereocenters. The van der Waals surface area contributed by atoms with Crippen LogP contribution in [0.25, 0.3) is 0 Å². The molecule has 1 amide bonds. The average Bonchev–Trinajstić information content (AvgIpc) is 3.19. The minimum absolute atomic E-state index is 0.213. The summed E-state index contributed by atoms with van der Waals surface area (Å²) < 4.78 is 6.69. The van der Waals surface area contributed by atoms with Crippen molar-refractivity contribution in [1.29, 1.82) is 0 Å². The highest BCUT2D eigenvalue weighted by Gasteiger charge is 2.43. The van der Waals surface area contributed by atoms with Crippen molar-refractivity contribution >= 4 is 27.7 Å². The normalized spacial score (nSPS) is 21.5. The summed E-state index contributed by atoms with van der Waals surface area (Å²) in [6.07, 6.45) is 4.31. The first-order valence-electron chi connectivity index (χ1n) is 8.07. The Bertz CT molecular complexity index is 602. The summed E-state index contributed by atoms with van der Waals surface area (Å²) in [7, 11) is 0. The number of carbonyl (C=O) groups excluding carboxylic acids is 1. The second-order valence-electron chi connectivity index (χ2n) is 7.55. The lowest BCUT2D eigenvalue weighted by molar-refractivity contribution is 0.0555. The third kappa shape index (κ3) is 3.17. The van der Waals surface area contributed by atoms with Crippen molar-refractivity contribution in [3.63, 3.8) is 0 Å². The molecule has 1 aromatic rings. The molecule has 2 aliphatic rings. The van der Waals surface area contributed by atoms with Gasteiger partial charge in [-0.3, -0.25) is 4.90 Å². The molecule has 0 radical (unpaired) electrons. The van der Waals surface area contributed by atoms with Crippen molar-refractivity contribution in [1.82, 2.24) is 0 Å². The molecular weight excluding hydrogens is 342 g/mol. The van der Waals surface area contributed by atoms with Crippen molar-refractivity contribution in [3.8, 4) is 0 Å². The fourth-order valence-corrected chi connectivity index (χ4v) is 4.14. The van der Waals surface area contributed by atoms with E-state index >= 15 is 0 Å². The van der Waals surface area contributed by atoms with Crippen molar-refractivity contribution in [3.05, 3.63) is 27.7 Å². The summed E-state index contributed by atoms with van der Waals surface area (Å²) in [6, 6.07) is 4.56. The van der Waals surface area contributed by atoms with E-state index in [-0.39, 0.29) is 12.1 Å². The van der Waals surface area contributed by atoms with E-state index in [0.29, 0.717) is 5.92 Å². The predicted molar refractivity (Wildman–Crippen MR) is 92.4 cm³/mol. The lowest BCUT2D eigenvalue weighted by Crippen LogP contribution is -2.47. The van der Waals surface area contributed by atoms with E-state index in [9.17, 15) is 4.79 Å². The number of halogens is 1. The second kappa shape index (κ2) is 5.55. The molecule has 0 aromatic heterocycles. The van der Waals surface area contributed by atoms with E-state index < -0.39 is 5.60 Å². The summed E-state index contributed by atoms with van der Waals surface area (Å²) in [5.74, 6) is 0.633. The van der Waals surface area contributed by atoms with Crippen LogP contribution >= 0.6 is 15.9 Å². The Hall–Kier alpha value is -1.03. The van der Waals surface area contributed by atoms with Crippen LogP contribution in [0.4, 0.5) is 10.5 Å². The molecule has 22 heavy (non-hydrogen) atoms. The number of rotatable bonds is 1. The molecule has 120 valence electrons. The zero-order chi connectivity index (χ0) is 16.1. The number of benzene rings is 1. The first-order valence-corrected chi connectivity index (χ1v) is 8.87. The molecule has 4 heteroatoms. The summed E-state index contributed by atoms with van der Waals surface area (Å²) >= 11 is 3.67. The van der Waals surface area contributed by atoms with Gasteiger partial charge in [0.15, 0.2) is 0 Å². The van der Waals surface area contributed by atoms with Crippen LogP contribution in [0, 0.1) is 12.8 Å². The van der Waals surface area contributed by atoms with Crippen LogP contribution in [0.3, 0.4) is 0 Å². The molecule has 1 heterocycles. The number of hydrogen-bond acceptors (Lipinski definition) is 2. The van der Waals surface area contributed by atoms with Gasteiger partial charge in [0.1, 0.15) is 5.60 Å². The van der Waals surface area contributed by atoms with E-state index in [2.05, 4.69) is 35.0 Å². The third-order valence-electron chi connectivity index (χ3n) is 4.33. The maximum Gasteiger partial charge on any atom is 0.415 e. The molecule has 0 spiro atoms. The zero-order valence-electron chi connectivity index (χ0n) is 13.8. The minimum atomic E-state index is -0.472. The van der Waals surface area contributed by atoms with Crippen LogP contribution in [-0.4, -0.2) is 17.7 Å². The number of fused-ring (bicyclic) bond motifs is 1. The van der Waals surface area contributed by atoms with E-state index in [1.807, 2.05) is 25.7 Å². The van der Waals surface area contributed by atoms with Gasteiger partial charge in [0.2, 0.25) is 0 Å². The molecule has 3 rings (SSSR count). The Kier molecular flexibility index (Phi) is 4.00. The first-order chi connectivity index (χ1) is 10.3. The number of nitrogens with zero attached hydrogens (tertiary/aromatic N) is 1. The fraction of sp³-hybridized carbons (Fsp3) is 0.611. The number of amides is 1. The van der Waals surface area contributed by atoms with E-state index in [4.69, 9.17) is 4.74 Å². The van der Waals surface area contributed by atoms with Crippen molar-refractivity contribution in [2.24, 2.45) is 5.92 Å². The quantitative estimate of drug-likeness (QED) is 0.682. The minimum Gasteiger partial charge on any atom is -0.443 e. The lowest BCUT2D eigenvalue weighted by atomic mass is 9.92. The van der Waals surface area contributed by atoms with E-state index in [0.717, 1.165) is 23.0 Å². The molecule has 3 nitrogen and oxygen atoms in total. The van der Waals surface area contributed by atoms with Gasteiger partial charge in [-0.05, 0) is 92.4 Å². The van der Waals surface area contributed by atoms with Gasteiger partial charge in [0, 0.05) is 10.5 Å². The van der Waals surface area contributed by atoms with Crippen LogP contribution in [0.2, 0.25) is 0 Å². The smallest absolute Gasteiger partial charge is 0.415 e. The average molecular weight is 366 g/mol. The largest absolute Gasteiger partial charge is 0.443 e. The van der Waals surface area contributed by atoms with E-state index in [1.54, 1.807) is 0 Å². The van der Waals surface area contributed by atoms with Gasteiger partial charge in [-0.2, -0.15) is 0 Å². The Labute approximate surface area is 141 Å². The predicted octanol–water partition coefficient (Wildman–Crippen LogP) is 5.22. The Morgan fingerprint density at radius 1 is 1.27 bits per heavy atom. The van der Waals surface area contributed by atoms with Gasteiger partial charge in [-0.1, -0.05) is 6.07 Å². The van der Waals surface area contributed by atoms with Crippen LogP contribution in [0.5, 0.6) is 0 Å². The van der Waals surface area contributed by atoms with Gasteiger partial charge >= 0.3 is 6.09 Å². The summed E-state index contributed by atoms with van der Waals surface area (Å²) in [5.41, 5.74) is 3.01. The Morgan fingerprint density at radius 2 is 1.95 bits per heavy atom. The van der Waals surface area contributed by atoms with Crippen LogP contribution in [0.15, 0.2) is 16.6 Å². The molecule has 1 aromatic carbocycles. The third-order valence-corrected chi connectivity index (χ3v) is 4.93. The number of carbonyl (C=O) groups is 1. The zero-order valence-corrected chi connectivity index (χ0v) is 15.4. The molecule has 0 N–H and O–H groups in total. The van der Waals surface area contributed by atoms with Crippen molar-refractivity contribution < 1.29 is 9.53 Å². The first kappa shape index (κ1) is 15.9.